The number of benzene rings is 1. The first kappa shape index (κ1) is 14.5. The Hall–Kier alpha value is -0.580. The summed E-state index contributed by atoms with van der Waals surface area (Å²) in [5.74, 6) is -2.04. The topological polar surface area (TPSA) is 57.5 Å². The van der Waals surface area contributed by atoms with Crippen LogP contribution in [-0.2, 0) is 4.79 Å². The second-order valence-corrected chi connectivity index (χ2v) is 5.51. The van der Waals surface area contributed by atoms with Crippen molar-refractivity contribution in [1.29, 1.82) is 0 Å². The molecule has 5 heteroatoms. The third kappa shape index (κ3) is 3.44. The number of aliphatic hydroxyl groups is 1. The van der Waals surface area contributed by atoms with Crippen LogP contribution in [0.15, 0.2) is 22.7 Å². The first-order valence-corrected chi connectivity index (χ1v) is 6.37. The molecule has 0 aliphatic rings. The van der Waals surface area contributed by atoms with Gasteiger partial charge in [0.15, 0.2) is 0 Å². The Bertz CT molecular complexity index is 420. The number of rotatable bonds is 4. The zero-order valence-electron chi connectivity index (χ0n) is 9.52. The van der Waals surface area contributed by atoms with Gasteiger partial charge in [0.05, 0.1) is 12.0 Å². The maximum absolute atomic E-state index is 11.1. The number of aliphatic hydroxyl groups excluding tert-OH is 1. The van der Waals surface area contributed by atoms with Gasteiger partial charge in [0.25, 0.3) is 0 Å². The Labute approximate surface area is 114 Å². The Morgan fingerprint density at radius 2 is 2.00 bits per heavy atom. The van der Waals surface area contributed by atoms with E-state index in [4.69, 9.17) is 16.7 Å². The molecule has 0 bridgehead atoms. The van der Waals surface area contributed by atoms with Gasteiger partial charge in [-0.1, -0.05) is 41.4 Å². The van der Waals surface area contributed by atoms with Crippen molar-refractivity contribution in [3.8, 4) is 0 Å². The molecule has 0 fully saturated rings. The van der Waals surface area contributed by atoms with Gasteiger partial charge in [-0.05, 0) is 29.7 Å². The van der Waals surface area contributed by atoms with E-state index >= 15 is 0 Å². The van der Waals surface area contributed by atoms with Gasteiger partial charge in [-0.25, -0.2) is 0 Å². The lowest BCUT2D eigenvalue weighted by molar-refractivity contribution is -0.148. The summed E-state index contributed by atoms with van der Waals surface area (Å²) in [5, 5.41) is 19.8. The Balaban J connectivity index is 3.13. The number of carboxylic acid groups (broad SMARTS) is 1. The molecule has 0 saturated carbocycles. The van der Waals surface area contributed by atoms with Crippen molar-refractivity contribution < 1.29 is 15.0 Å². The predicted octanol–water partition coefficient (Wildman–Crippen LogP) is 3.49. The Morgan fingerprint density at radius 3 is 2.47 bits per heavy atom. The molecule has 0 saturated heterocycles. The van der Waals surface area contributed by atoms with Gasteiger partial charge >= 0.3 is 5.97 Å². The number of carbonyl (C=O) groups is 1. The summed E-state index contributed by atoms with van der Waals surface area (Å²) in [6.07, 6.45) is -1.08. The maximum Gasteiger partial charge on any atom is 0.309 e. The largest absolute Gasteiger partial charge is 0.481 e. The van der Waals surface area contributed by atoms with Crippen LogP contribution in [0.5, 0.6) is 0 Å². The van der Waals surface area contributed by atoms with Crippen LogP contribution in [0.25, 0.3) is 0 Å². The van der Waals surface area contributed by atoms with E-state index in [-0.39, 0.29) is 5.92 Å². The van der Waals surface area contributed by atoms with Crippen molar-refractivity contribution in [2.75, 3.05) is 0 Å². The van der Waals surface area contributed by atoms with Crippen LogP contribution in [0.1, 0.15) is 25.5 Å². The lowest BCUT2D eigenvalue weighted by atomic mass is 9.86. The van der Waals surface area contributed by atoms with Gasteiger partial charge in [-0.15, -0.1) is 0 Å². The summed E-state index contributed by atoms with van der Waals surface area (Å²) in [6.45, 7) is 3.53. The number of hydrogen-bond donors (Lipinski definition) is 2. The van der Waals surface area contributed by atoms with Gasteiger partial charge in [0, 0.05) is 9.50 Å². The average Bonchev–Trinajstić information content (AvgIpc) is 2.20. The molecule has 3 nitrogen and oxygen atoms in total. The molecule has 0 heterocycles. The fourth-order valence-corrected chi connectivity index (χ4v) is 2.38. The van der Waals surface area contributed by atoms with Gasteiger partial charge in [-0.3, -0.25) is 4.79 Å². The van der Waals surface area contributed by atoms with E-state index in [0.717, 1.165) is 0 Å². The van der Waals surface area contributed by atoms with E-state index in [1.807, 2.05) is 0 Å². The lowest BCUT2D eigenvalue weighted by Crippen LogP contribution is -2.27. The minimum absolute atomic E-state index is 0.173. The molecule has 94 valence electrons. The molecular formula is C12H14BrClO3. The highest BCUT2D eigenvalue weighted by molar-refractivity contribution is 9.10. The summed E-state index contributed by atoms with van der Waals surface area (Å²) >= 11 is 9.13. The van der Waals surface area contributed by atoms with E-state index in [0.29, 0.717) is 15.1 Å². The molecule has 1 aromatic rings. The molecule has 1 rings (SSSR count). The van der Waals surface area contributed by atoms with E-state index < -0.39 is 18.0 Å². The van der Waals surface area contributed by atoms with Crippen LogP contribution in [0.3, 0.4) is 0 Å². The highest BCUT2D eigenvalue weighted by Gasteiger charge is 2.31. The minimum atomic E-state index is -1.08. The molecule has 0 aliphatic carbocycles. The number of halogens is 2. The molecule has 17 heavy (non-hydrogen) atoms. The summed E-state index contributed by atoms with van der Waals surface area (Å²) in [4.78, 5) is 11.1. The monoisotopic (exact) mass is 320 g/mol. The fraction of sp³-hybridized carbons (Fsp3) is 0.417. The highest BCUT2D eigenvalue weighted by Crippen LogP contribution is 2.34. The van der Waals surface area contributed by atoms with E-state index in [9.17, 15) is 9.90 Å². The molecule has 2 N–H and O–H groups in total. The second kappa shape index (κ2) is 5.85. The molecule has 0 amide bonds. The standard InChI is InChI=1S/C12H14BrClO3/c1-6(2)10(12(16)17)11(15)8-5-7(14)3-4-9(8)13/h3-6,10-11,15H,1-2H3,(H,16,17). The van der Waals surface area contributed by atoms with Crippen molar-refractivity contribution in [2.24, 2.45) is 11.8 Å². The lowest BCUT2D eigenvalue weighted by Gasteiger charge is -2.23. The van der Waals surface area contributed by atoms with Gasteiger partial charge in [-0.2, -0.15) is 0 Å². The van der Waals surface area contributed by atoms with Gasteiger partial charge < -0.3 is 10.2 Å². The third-order valence-electron chi connectivity index (χ3n) is 2.62. The smallest absolute Gasteiger partial charge is 0.309 e. The van der Waals surface area contributed by atoms with Crippen LogP contribution in [-0.4, -0.2) is 16.2 Å². The Morgan fingerprint density at radius 1 is 1.41 bits per heavy atom. The second-order valence-electron chi connectivity index (χ2n) is 4.22. The summed E-state index contributed by atoms with van der Waals surface area (Å²) in [5.41, 5.74) is 0.499. The fourth-order valence-electron chi connectivity index (χ4n) is 1.72. The molecule has 0 spiro atoms. The molecule has 1 aromatic carbocycles. The van der Waals surface area contributed by atoms with Gasteiger partial charge in [0.1, 0.15) is 0 Å². The molecule has 2 unspecified atom stereocenters. The third-order valence-corrected chi connectivity index (χ3v) is 3.58. The predicted molar refractivity (Wildman–Crippen MR) is 70.1 cm³/mol. The van der Waals surface area contributed by atoms with Gasteiger partial charge in [0.2, 0.25) is 0 Å². The van der Waals surface area contributed by atoms with E-state index in [2.05, 4.69) is 15.9 Å². The number of aliphatic carboxylic acids is 1. The zero-order valence-corrected chi connectivity index (χ0v) is 11.9. The number of carboxylic acids is 1. The van der Waals surface area contributed by atoms with Crippen molar-refractivity contribution in [1.82, 2.24) is 0 Å². The summed E-state index contributed by atoms with van der Waals surface area (Å²) in [7, 11) is 0. The van der Waals surface area contributed by atoms with Crippen molar-refractivity contribution >= 4 is 33.5 Å². The highest BCUT2D eigenvalue weighted by atomic mass is 79.9. The van der Waals surface area contributed by atoms with E-state index in [1.165, 1.54) is 0 Å². The zero-order chi connectivity index (χ0) is 13.2. The quantitative estimate of drug-likeness (QED) is 0.892. The number of hydrogen-bond acceptors (Lipinski definition) is 2. The molecular weight excluding hydrogens is 307 g/mol. The molecule has 0 aromatic heterocycles. The van der Waals surface area contributed by atoms with Crippen LogP contribution >= 0.6 is 27.5 Å². The van der Waals surface area contributed by atoms with Crippen LogP contribution in [0.4, 0.5) is 0 Å². The Kier molecular flexibility index (Phi) is 4.98. The maximum atomic E-state index is 11.1. The first-order chi connectivity index (χ1) is 7.84. The average molecular weight is 322 g/mol. The summed E-state index contributed by atoms with van der Waals surface area (Å²) < 4.78 is 0.654. The molecule has 0 aliphatic heterocycles. The minimum Gasteiger partial charge on any atom is -0.481 e. The normalized spacial score (nSPS) is 14.7. The first-order valence-electron chi connectivity index (χ1n) is 5.20. The summed E-state index contributed by atoms with van der Waals surface area (Å²) in [6, 6.07) is 4.95. The van der Waals surface area contributed by atoms with Crippen LogP contribution in [0, 0.1) is 11.8 Å². The van der Waals surface area contributed by atoms with Crippen molar-refractivity contribution in [2.45, 2.75) is 20.0 Å². The molecule has 2 atom stereocenters. The van der Waals surface area contributed by atoms with Crippen LogP contribution < -0.4 is 0 Å². The SMILES string of the molecule is CC(C)C(C(=O)O)C(O)c1cc(Cl)ccc1Br. The van der Waals surface area contributed by atoms with Crippen molar-refractivity contribution in [3.05, 3.63) is 33.3 Å². The van der Waals surface area contributed by atoms with Crippen LogP contribution in [0.2, 0.25) is 5.02 Å². The molecule has 0 radical (unpaired) electrons. The van der Waals surface area contributed by atoms with Crippen molar-refractivity contribution in [3.63, 3.8) is 0 Å². The van der Waals surface area contributed by atoms with E-state index in [1.54, 1.807) is 32.0 Å².